The summed E-state index contributed by atoms with van der Waals surface area (Å²) in [5, 5.41) is 3.01. The molecule has 0 saturated carbocycles. The minimum Gasteiger partial charge on any atom is -0.497 e. The Hall–Kier alpha value is -1.85. The van der Waals surface area contributed by atoms with Crippen molar-refractivity contribution in [3.8, 4) is 5.75 Å². The second-order valence-electron chi connectivity index (χ2n) is 8.34. The van der Waals surface area contributed by atoms with E-state index in [0.29, 0.717) is 6.54 Å². The van der Waals surface area contributed by atoms with E-state index in [2.05, 4.69) is 34.5 Å². The van der Waals surface area contributed by atoms with Gasteiger partial charge in [-0.25, -0.2) is 0 Å². The Morgan fingerprint density at radius 3 is 2.64 bits per heavy atom. The number of carbonyl (C=O) groups is 1. The Labute approximate surface area is 169 Å². The summed E-state index contributed by atoms with van der Waals surface area (Å²) in [6, 6.07) is 8.12. The fourth-order valence-corrected chi connectivity index (χ4v) is 4.02. The molecule has 2 heterocycles. The van der Waals surface area contributed by atoms with E-state index >= 15 is 0 Å². The smallest absolute Gasteiger partial charge is 0.222 e. The first kappa shape index (κ1) is 20.9. The van der Waals surface area contributed by atoms with Gasteiger partial charge in [-0.3, -0.25) is 9.69 Å². The van der Waals surface area contributed by atoms with E-state index in [1.54, 1.807) is 7.11 Å². The lowest BCUT2D eigenvalue weighted by Gasteiger charge is -2.38. The van der Waals surface area contributed by atoms with E-state index in [1.165, 1.54) is 5.56 Å². The van der Waals surface area contributed by atoms with Crippen LogP contribution >= 0.6 is 0 Å². The molecule has 5 nitrogen and oxygen atoms in total. The van der Waals surface area contributed by atoms with Crippen LogP contribution < -0.4 is 10.1 Å². The largest absolute Gasteiger partial charge is 0.497 e. The number of hydrogen-bond acceptors (Lipinski definition) is 4. The molecule has 5 heteroatoms. The Morgan fingerprint density at radius 1 is 1.29 bits per heavy atom. The molecule has 0 radical (unpaired) electrons. The van der Waals surface area contributed by atoms with Gasteiger partial charge in [-0.15, -0.1) is 0 Å². The zero-order valence-corrected chi connectivity index (χ0v) is 17.4. The summed E-state index contributed by atoms with van der Waals surface area (Å²) in [6.07, 6.45) is 8.91. The molecule has 3 rings (SSSR count). The number of carbonyl (C=O) groups excluding carboxylic acids is 1. The minimum absolute atomic E-state index is 0.0312. The minimum atomic E-state index is 0.0312. The third kappa shape index (κ3) is 5.58. The van der Waals surface area contributed by atoms with Crippen molar-refractivity contribution in [1.29, 1.82) is 0 Å². The van der Waals surface area contributed by atoms with Gasteiger partial charge in [-0.1, -0.05) is 38.1 Å². The van der Waals surface area contributed by atoms with E-state index in [0.717, 1.165) is 51.1 Å². The van der Waals surface area contributed by atoms with Gasteiger partial charge in [0.15, 0.2) is 0 Å². The third-order valence-corrected chi connectivity index (χ3v) is 5.92. The van der Waals surface area contributed by atoms with Crippen LogP contribution in [0.4, 0.5) is 0 Å². The normalized spacial score (nSPS) is 22.2. The fraction of sp³-hybridized carbons (Fsp3) is 0.609. The predicted octanol–water partition coefficient (Wildman–Crippen LogP) is 3.49. The van der Waals surface area contributed by atoms with Crippen LogP contribution in [-0.2, 0) is 9.53 Å². The number of likely N-dealkylation sites (tertiary alicyclic amines) is 1. The molecule has 2 aliphatic rings. The molecule has 1 aromatic carbocycles. The number of nitrogens with zero attached hydrogens (tertiary/aromatic N) is 1. The molecule has 1 amide bonds. The van der Waals surface area contributed by atoms with E-state index < -0.39 is 0 Å². The zero-order valence-electron chi connectivity index (χ0n) is 17.4. The highest BCUT2D eigenvalue weighted by atomic mass is 16.5. The van der Waals surface area contributed by atoms with Crippen molar-refractivity contribution in [3.05, 3.63) is 35.9 Å². The van der Waals surface area contributed by atoms with Gasteiger partial charge in [-0.05, 0) is 43.4 Å². The van der Waals surface area contributed by atoms with Gasteiger partial charge < -0.3 is 14.8 Å². The van der Waals surface area contributed by atoms with Crippen molar-refractivity contribution in [2.75, 3.05) is 33.3 Å². The maximum atomic E-state index is 11.8. The van der Waals surface area contributed by atoms with Gasteiger partial charge in [0.1, 0.15) is 5.75 Å². The van der Waals surface area contributed by atoms with Gasteiger partial charge in [0.2, 0.25) is 5.91 Å². The quantitative estimate of drug-likeness (QED) is 0.779. The highest BCUT2D eigenvalue weighted by Crippen LogP contribution is 2.38. The Morgan fingerprint density at radius 2 is 2.00 bits per heavy atom. The van der Waals surface area contributed by atoms with Crippen molar-refractivity contribution < 1.29 is 14.3 Å². The van der Waals surface area contributed by atoms with Crippen LogP contribution in [0.1, 0.15) is 45.1 Å². The molecular weight excluding hydrogens is 352 g/mol. The number of amides is 1. The highest BCUT2D eigenvalue weighted by Gasteiger charge is 2.42. The first-order valence-corrected chi connectivity index (χ1v) is 10.5. The summed E-state index contributed by atoms with van der Waals surface area (Å²) in [4.78, 5) is 14.2. The van der Waals surface area contributed by atoms with Crippen LogP contribution in [0.25, 0.3) is 6.08 Å². The molecule has 0 bridgehead atoms. The number of ether oxygens (including phenoxy) is 2. The molecule has 0 aliphatic carbocycles. The SMILES string of the molecule is COc1ccc(/C=C/CN2CCC3(CCC(CNC(=O)C(C)C)O3)CC2)cc1. The van der Waals surface area contributed by atoms with Crippen LogP contribution in [-0.4, -0.2) is 55.8 Å². The molecule has 2 fully saturated rings. The lowest BCUT2D eigenvalue weighted by atomic mass is 9.88. The molecular formula is C23H34N2O3. The molecule has 1 aromatic rings. The first-order valence-electron chi connectivity index (χ1n) is 10.5. The maximum absolute atomic E-state index is 11.8. The van der Waals surface area contributed by atoms with Crippen LogP contribution in [0.5, 0.6) is 5.75 Å². The Bertz CT molecular complexity index is 661. The summed E-state index contributed by atoms with van der Waals surface area (Å²) >= 11 is 0. The van der Waals surface area contributed by atoms with E-state index in [1.807, 2.05) is 26.0 Å². The number of methoxy groups -OCH3 is 1. The van der Waals surface area contributed by atoms with Crippen LogP contribution in [0.2, 0.25) is 0 Å². The molecule has 28 heavy (non-hydrogen) atoms. The zero-order chi connectivity index (χ0) is 20.0. The van der Waals surface area contributed by atoms with E-state index in [9.17, 15) is 4.79 Å². The van der Waals surface area contributed by atoms with Gasteiger partial charge in [0.25, 0.3) is 0 Å². The standard InChI is InChI=1S/C23H34N2O3/c1-18(2)22(26)24-17-21-10-11-23(28-21)12-15-25(16-13-23)14-4-5-19-6-8-20(27-3)9-7-19/h4-9,18,21H,10-17H2,1-3H3,(H,24,26)/b5-4+. The molecule has 1 unspecified atom stereocenters. The van der Waals surface area contributed by atoms with Crippen molar-refractivity contribution in [1.82, 2.24) is 10.2 Å². The monoisotopic (exact) mass is 386 g/mol. The number of rotatable bonds is 7. The average molecular weight is 387 g/mol. The van der Waals surface area contributed by atoms with Crippen molar-refractivity contribution in [3.63, 3.8) is 0 Å². The van der Waals surface area contributed by atoms with E-state index in [-0.39, 0.29) is 23.5 Å². The molecule has 2 saturated heterocycles. The summed E-state index contributed by atoms with van der Waals surface area (Å²) in [5.41, 5.74) is 1.23. The molecule has 0 aromatic heterocycles. The van der Waals surface area contributed by atoms with Gasteiger partial charge in [0, 0.05) is 32.1 Å². The molecule has 1 atom stereocenters. The summed E-state index contributed by atoms with van der Waals surface area (Å²) in [6.45, 7) is 7.59. The molecule has 1 N–H and O–H groups in total. The van der Waals surface area contributed by atoms with Crippen LogP contribution in [0.3, 0.4) is 0 Å². The summed E-state index contributed by atoms with van der Waals surface area (Å²) in [7, 11) is 1.69. The van der Waals surface area contributed by atoms with Crippen LogP contribution in [0, 0.1) is 5.92 Å². The third-order valence-electron chi connectivity index (χ3n) is 5.92. The number of piperidine rings is 1. The first-order chi connectivity index (χ1) is 13.5. The second kappa shape index (κ2) is 9.57. The number of hydrogen-bond donors (Lipinski definition) is 1. The average Bonchev–Trinajstić information content (AvgIpc) is 3.11. The van der Waals surface area contributed by atoms with Gasteiger partial charge in [-0.2, -0.15) is 0 Å². The Balaban J connectivity index is 1.39. The molecule has 1 spiro atoms. The number of benzene rings is 1. The second-order valence-corrected chi connectivity index (χ2v) is 8.34. The van der Waals surface area contributed by atoms with Crippen molar-refractivity contribution in [2.45, 2.75) is 51.2 Å². The number of nitrogens with one attached hydrogen (secondary N) is 1. The van der Waals surface area contributed by atoms with Gasteiger partial charge in [0.05, 0.1) is 18.8 Å². The van der Waals surface area contributed by atoms with Crippen LogP contribution in [0.15, 0.2) is 30.3 Å². The maximum Gasteiger partial charge on any atom is 0.222 e. The summed E-state index contributed by atoms with van der Waals surface area (Å²) in [5.74, 6) is 1.03. The lowest BCUT2D eigenvalue weighted by Crippen LogP contribution is -2.45. The van der Waals surface area contributed by atoms with Gasteiger partial charge >= 0.3 is 0 Å². The topological polar surface area (TPSA) is 50.8 Å². The van der Waals surface area contributed by atoms with E-state index in [4.69, 9.17) is 9.47 Å². The predicted molar refractivity (Wildman–Crippen MR) is 112 cm³/mol. The fourth-order valence-electron chi connectivity index (χ4n) is 4.02. The van der Waals surface area contributed by atoms with Crippen molar-refractivity contribution in [2.24, 2.45) is 5.92 Å². The molecule has 154 valence electrons. The highest BCUT2D eigenvalue weighted by molar-refractivity contribution is 5.77. The van der Waals surface area contributed by atoms with Crippen molar-refractivity contribution >= 4 is 12.0 Å². The summed E-state index contributed by atoms with van der Waals surface area (Å²) < 4.78 is 11.6. The Kier molecular flexibility index (Phi) is 7.13. The molecule has 2 aliphatic heterocycles. The lowest BCUT2D eigenvalue weighted by molar-refractivity contribution is -0.125.